The summed E-state index contributed by atoms with van der Waals surface area (Å²) in [6.07, 6.45) is 2.22. The molecule has 1 aliphatic rings. The summed E-state index contributed by atoms with van der Waals surface area (Å²) < 4.78 is 0. The van der Waals surface area contributed by atoms with Crippen molar-refractivity contribution < 1.29 is 0 Å². The van der Waals surface area contributed by atoms with Gasteiger partial charge in [-0.25, -0.2) is 4.98 Å². The lowest BCUT2D eigenvalue weighted by Crippen LogP contribution is -2.15. The average molecular weight is 261 g/mol. The van der Waals surface area contributed by atoms with Crippen molar-refractivity contribution >= 4 is 11.6 Å². The molecule has 0 spiro atoms. The summed E-state index contributed by atoms with van der Waals surface area (Å²) >= 11 is 5.99. The predicted molar refractivity (Wildman–Crippen MR) is 72.0 cm³/mol. The van der Waals surface area contributed by atoms with Gasteiger partial charge in [0.2, 0.25) is 0 Å². The molecule has 0 saturated heterocycles. The fraction of sp³-hybridized carbons (Fsp3) is 0.286. The van der Waals surface area contributed by atoms with Gasteiger partial charge < -0.3 is 4.98 Å². The van der Waals surface area contributed by atoms with E-state index in [1.54, 1.807) is 6.92 Å². The summed E-state index contributed by atoms with van der Waals surface area (Å²) in [6.45, 7) is 1.79. The van der Waals surface area contributed by atoms with E-state index in [0.29, 0.717) is 16.5 Å². The molecule has 0 amide bonds. The monoisotopic (exact) mass is 260 g/mol. The molecule has 0 unspecified atom stereocenters. The van der Waals surface area contributed by atoms with Gasteiger partial charge in [-0.05, 0) is 31.9 Å². The third-order valence-corrected chi connectivity index (χ3v) is 3.47. The van der Waals surface area contributed by atoms with Crippen LogP contribution in [-0.4, -0.2) is 9.97 Å². The number of hydrogen-bond donors (Lipinski definition) is 1. The van der Waals surface area contributed by atoms with E-state index in [0.717, 1.165) is 29.9 Å². The van der Waals surface area contributed by atoms with Crippen LogP contribution in [0.1, 0.15) is 30.1 Å². The summed E-state index contributed by atoms with van der Waals surface area (Å²) in [7, 11) is 0. The molecule has 0 atom stereocenters. The maximum atomic E-state index is 11.9. The zero-order chi connectivity index (χ0) is 12.7. The zero-order valence-electron chi connectivity index (χ0n) is 10.0. The van der Waals surface area contributed by atoms with Gasteiger partial charge in [-0.2, -0.15) is 0 Å². The molecule has 2 aromatic rings. The van der Waals surface area contributed by atoms with E-state index in [1.807, 2.05) is 24.3 Å². The first-order valence-corrected chi connectivity index (χ1v) is 6.39. The minimum atomic E-state index is -0.0538. The lowest BCUT2D eigenvalue weighted by molar-refractivity contribution is 0.900. The van der Waals surface area contributed by atoms with E-state index in [4.69, 9.17) is 11.6 Å². The molecule has 1 aromatic carbocycles. The Kier molecular flexibility index (Phi) is 2.71. The summed E-state index contributed by atoms with van der Waals surface area (Å²) in [5.41, 5.74) is 2.22. The van der Waals surface area contributed by atoms with Crippen LogP contribution in [-0.2, 0) is 0 Å². The van der Waals surface area contributed by atoms with E-state index in [-0.39, 0.29) is 5.56 Å². The second-order valence-corrected chi connectivity index (χ2v) is 5.15. The van der Waals surface area contributed by atoms with Gasteiger partial charge in [0.05, 0.1) is 5.69 Å². The van der Waals surface area contributed by atoms with Gasteiger partial charge in [0.1, 0.15) is 5.82 Å². The van der Waals surface area contributed by atoms with Gasteiger partial charge in [-0.15, -0.1) is 0 Å². The van der Waals surface area contributed by atoms with Crippen molar-refractivity contribution in [3.8, 4) is 11.3 Å². The summed E-state index contributed by atoms with van der Waals surface area (Å²) in [5.74, 6) is 1.23. The number of rotatable bonds is 2. The van der Waals surface area contributed by atoms with Gasteiger partial charge >= 0.3 is 0 Å². The van der Waals surface area contributed by atoms with Crippen LogP contribution in [0.3, 0.4) is 0 Å². The maximum Gasteiger partial charge on any atom is 0.254 e. The summed E-state index contributed by atoms with van der Waals surface area (Å²) in [5, 5.41) is 0.655. The van der Waals surface area contributed by atoms with Crippen molar-refractivity contribution in [2.24, 2.45) is 0 Å². The van der Waals surface area contributed by atoms with E-state index >= 15 is 0 Å². The van der Waals surface area contributed by atoms with Gasteiger partial charge in [-0.3, -0.25) is 4.79 Å². The van der Waals surface area contributed by atoms with Crippen LogP contribution >= 0.6 is 11.6 Å². The first-order chi connectivity index (χ1) is 8.65. The third kappa shape index (κ3) is 2.06. The SMILES string of the molecule is Cc1c(-c2cccc(Cl)c2)nc(C2CC2)[nH]c1=O. The number of aromatic nitrogens is 2. The molecule has 1 aliphatic carbocycles. The molecule has 4 heteroatoms. The molecule has 0 bridgehead atoms. The highest BCUT2D eigenvalue weighted by atomic mass is 35.5. The van der Waals surface area contributed by atoms with Crippen LogP contribution in [0.2, 0.25) is 5.02 Å². The molecule has 1 N–H and O–H groups in total. The standard InChI is InChI=1S/C14H13ClN2O/c1-8-12(10-3-2-4-11(15)7-10)16-13(9-5-6-9)17-14(8)18/h2-4,7,9H,5-6H2,1H3,(H,16,17,18). The fourth-order valence-corrected chi connectivity index (χ4v) is 2.21. The van der Waals surface area contributed by atoms with Gasteiger partial charge in [0.15, 0.2) is 0 Å². The van der Waals surface area contributed by atoms with Crippen LogP contribution in [0.5, 0.6) is 0 Å². The van der Waals surface area contributed by atoms with Crippen LogP contribution in [0, 0.1) is 6.92 Å². The molecule has 0 radical (unpaired) electrons. The van der Waals surface area contributed by atoms with Crippen molar-refractivity contribution in [2.45, 2.75) is 25.7 Å². The minimum absolute atomic E-state index is 0.0538. The average Bonchev–Trinajstić information content (AvgIpc) is 3.16. The number of hydrogen-bond acceptors (Lipinski definition) is 2. The van der Waals surface area contributed by atoms with Crippen molar-refractivity contribution in [2.75, 3.05) is 0 Å². The Balaban J connectivity index is 2.18. The van der Waals surface area contributed by atoms with Gasteiger partial charge in [0.25, 0.3) is 5.56 Å². The molecule has 1 fully saturated rings. The Hall–Kier alpha value is -1.61. The zero-order valence-corrected chi connectivity index (χ0v) is 10.8. The number of benzene rings is 1. The number of nitrogens with zero attached hydrogens (tertiary/aromatic N) is 1. The van der Waals surface area contributed by atoms with Crippen LogP contribution in [0.15, 0.2) is 29.1 Å². The summed E-state index contributed by atoms with van der Waals surface area (Å²) in [4.78, 5) is 19.4. The number of halogens is 1. The smallest absolute Gasteiger partial charge is 0.254 e. The molecule has 1 saturated carbocycles. The molecule has 1 heterocycles. The van der Waals surface area contributed by atoms with Crippen molar-refractivity contribution in [1.82, 2.24) is 9.97 Å². The summed E-state index contributed by atoms with van der Waals surface area (Å²) in [6, 6.07) is 7.45. The lowest BCUT2D eigenvalue weighted by atomic mass is 10.1. The van der Waals surface area contributed by atoms with Crippen molar-refractivity contribution in [3.63, 3.8) is 0 Å². The Bertz CT molecular complexity index is 659. The molecule has 0 aliphatic heterocycles. The third-order valence-electron chi connectivity index (χ3n) is 3.23. The maximum absolute atomic E-state index is 11.9. The minimum Gasteiger partial charge on any atom is -0.310 e. The molecule has 18 heavy (non-hydrogen) atoms. The number of H-pyrrole nitrogens is 1. The molecular weight excluding hydrogens is 248 g/mol. The molecule has 3 rings (SSSR count). The quantitative estimate of drug-likeness (QED) is 0.901. The second-order valence-electron chi connectivity index (χ2n) is 4.71. The fourth-order valence-electron chi connectivity index (χ4n) is 2.02. The van der Waals surface area contributed by atoms with E-state index in [1.165, 1.54) is 0 Å². The molecule has 92 valence electrons. The first kappa shape index (κ1) is 11.5. The van der Waals surface area contributed by atoms with Crippen molar-refractivity contribution in [3.05, 3.63) is 51.0 Å². The Morgan fingerprint density at radius 2 is 2.17 bits per heavy atom. The first-order valence-electron chi connectivity index (χ1n) is 6.02. The van der Waals surface area contributed by atoms with E-state index < -0.39 is 0 Å². The molecule has 1 aromatic heterocycles. The highest BCUT2D eigenvalue weighted by Crippen LogP contribution is 2.38. The van der Waals surface area contributed by atoms with E-state index in [2.05, 4.69) is 9.97 Å². The van der Waals surface area contributed by atoms with Crippen molar-refractivity contribution in [1.29, 1.82) is 0 Å². The number of nitrogens with one attached hydrogen (secondary N) is 1. The Morgan fingerprint density at radius 3 is 2.83 bits per heavy atom. The predicted octanol–water partition coefficient (Wildman–Crippen LogP) is 3.28. The topological polar surface area (TPSA) is 45.8 Å². The Morgan fingerprint density at radius 1 is 1.39 bits per heavy atom. The van der Waals surface area contributed by atoms with Crippen LogP contribution < -0.4 is 5.56 Å². The van der Waals surface area contributed by atoms with Gasteiger partial charge in [-0.1, -0.05) is 23.7 Å². The van der Waals surface area contributed by atoms with Gasteiger partial charge in [0, 0.05) is 22.1 Å². The second kappa shape index (κ2) is 4.25. The Labute approximate surface area is 110 Å². The van der Waals surface area contributed by atoms with E-state index in [9.17, 15) is 4.79 Å². The lowest BCUT2D eigenvalue weighted by Gasteiger charge is -2.07. The van der Waals surface area contributed by atoms with Crippen LogP contribution in [0.25, 0.3) is 11.3 Å². The highest BCUT2D eigenvalue weighted by molar-refractivity contribution is 6.30. The normalized spacial score (nSPS) is 14.8. The highest BCUT2D eigenvalue weighted by Gasteiger charge is 2.27. The number of aromatic amines is 1. The molecular formula is C14H13ClN2O. The largest absolute Gasteiger partial charge is 0.310 e. The van der Waals surface area contributed by atoms with Crippen LogP contribution in [0.4, 0.5) is 0 Å². The molecule has 3 nitrogen and oxygen atoms in total.